The number of fused-ring (bicyclic) bond motifs is 1. The maximum absolute atomic E-state index is 12.4. The number of unbranched alkanes of at least 4 members (excludes halogenated alkanes) is 6. The number of hydrogen-bond donors (Lipinski definition) is 1. The number of nitrogens with zero attached hydrogens (tertiary/aromatic N) is 1. The molecule has 0 spiro atoms. The fourth-order valence-electron chi connectivity index (χ4n) is 5.72. The Bertz CT molecular complexity index is 975. The summed E-state index contributed by atoms with van der Waals surface area (Å²) in [7, 11) is 3.17. The number of cyclic esters (lactones) is 1. The van der Waals surface area contributed by atoms with Crippen LogP contribution in [0.5, 0.6) is 11.5 Å². The van der Waals surface area contributed by atoms with Crippen molar-refractivity contribution >= 4 is 17.8 Å². The molecule has 0 saturated carbocycles. The van der Waals surface area contributed by atoms with Crippen LogP contribution in [-0.2, 0) is 14.3 Å². The largest absolute Gasteiger partial charge is 0.497 e. The number of benzene rings is 1. The molecule has 1 amide bonds. The molecule has 1 aromatic rings. The molecule has 0 unspecified atom stereocenters. The molecule has 9 nitrogen and oxygen atoms in total. The van der Waals surface area contributed by atoms with Crippen LogP contribution in [0.3, 0.4) is 0 Å². The average molecular weight is 575 g/mol. The maximum atomic E-state index is 12.4. The monoisotopic (exact) mass is 574 g/mol. The molecule has 1 atom stereocenters. The molecule has 3 rings (SSSR count). The summed E-state index contributed by atoms with van der Waals surface area (Å²) < 4.78 is 21.6. The number of Topliss-reactive ketones (excluding diaryl/α,β-unsaturated/α-hetero) is 1. The van der Waals surface area contributed by atoms with Gasteiger partial charge in [0.25, 0.3) is 0 Å². The number of ether oxygens (including phenoxy) is 4. The van der Waals surface area contributed by atoms with Crippen LogP contribution in [0.25, 0.3) is 0 Å². The lowest BCUT2D eigenvalue weighted by Crippen LogP contribution is -2.45. The van der Waals surface area contributed by atoms with Gasteiger partial charge in [0.1, 0.15) is 28.9 Å². The highest BCUT2D eigenvalue weighted by atomic mass is 16.6. The summed E-state index contributed by atoms with van der Waals surface area (Å²) in [6.45, 7) is 5.41. The zero-order valence-corrected chi connectivity index (χ0v) is 25.3. The first-order valence-corrected chi connectivity index (χ1v) is 15.6. The third-order valence-electron chi connectivity index (χ3n) is 8.07. The van der Waals surface area contributed by atoms with E-state index in [1.165, 1.54) is 32.1 Å². The van der Waals surface area contributed by atoms with Gasteiger partial charge >= 0.3 is 12.1 Å². The van der Waals surface area contributed by atoms with E-state index >= 15 is 0 Å². The van der Waals surface area contributed by atoms with Crippen molar-refractivity contribution in [2.45, 2.75) is 109 Å². The number of methoxy groups -OCH3 is 2. The number of carbonyl (C=O) groups excluding carboxylic acids is 3. The normalized spacial score (nSPS) is 17.1. The van der Waals surface area contributed by atoms with Crippen molar-refractivity contribution in [1.82, 2.24) is 10.2 Å². The predicted octanol–water partition coefficient (Wildman–Crippen LogP) is 6.38. The summed E-state index contributed by atoms with van der Waals surface area (Å²) in [5, 5.41) is 2.98. The standard InChI is InChI=1S/C32H50N2O7/c1-4-13-25(35)14-12-21-40-32(37)33-24-16-19-34(20-17-24)18-11-9-7-5-6-8-10-15-28-27-22-26(38-2)23-29(39-3)30(27)31(36)41-28/h22-24,28H,4-21H2,1-3H3,(H,33,37)/t28-/m1/s1. The van der Waals surface area contributed by atoms with E-state index in [9.17, 15) is 14.4 Å². The minimum Gasteiger partial charge on any atom is -0.497 e. The van der Waals surface area contributed by atoms with Gasteiger partial charge in [-0.25, -0.2) is 9.59 Å². The van der Waals surface area contributed by atoms with Gasteiger partial charge in [-0.15, -0.1) is 0 Å². The number of carbonyl (C=O) groups is 3. The molecule has 0 radical (unpaired) electrons. The molecule has 2 aliphatic rings. The molecular formula is C32H50N2O7. The molecule has 0 aliphatic carbocycles. The molecule has 0 bridgehead atoms. The number of ketones is 1. The van der Waals surface area contributed by atoms with Crippen LogP contribution in [0.4, 0.5) is 4.79 Å². The van der Waals surface area contributed by atoms with E-state index in [0.29, 0.717) is 42.9 Å². The van der Waals surface area contributed by atoms with Gasteiger partial charge in [-0.05, 0) is 57.6 Å². The molecule has 1 N–H and O–H groups in total. The van der Waals surface area contributed by atoms with E-state index in [2.05, 4.69) is 10.2 Å². The maximum Gasteiger partial charge on any atom is 0.407 e. The molecule has 230 valence electrons. The number of esters is 1. The lowest BCUT2D eigenvalue weighted by Gasteiger charge is -2.32. The average Bonchev–Trinajstić information content (AvgIpc) is 3.29. The summed E-state index contributed by atoms with van der Waals surface area (Å²) in [4.78, 5) is 38.4. The second-order valence-electron chi connectivity index (χ2n) is 11.2. The minimum atomic E-state index is -0.360. The molecule has 9 heteroatoms. The topological polar surface area (TPSA) is 103 Å². The first-order chi connectivity index (χ1) is 19.9. The number of rotatable bonds is 19. The van der Waals surface area contributed by atoms with Crippen molar-refractivity contribution in [3.8, 4) is 11.5 Å². The van der Waals surface area contributed by atoms with E-state index in [1.54, 1.807) is 20.3 Å². The lowest BCUT2D eigenvalue weighted by molar-refractivity contribution is -0.119. The smallest absolute Gasteiger partial charge is 0.407 e. The lowest BCUT2D eigenvalue weighted by atomic mass is 9.98. The van der Waals surface area contributed by atoms with Gasteiger partial charge in [0.05, 0.1) is 20.8 Å². The Morgan fingerprint density at radius 1 is 0.951 bits per heavy atom. The third-order valence-corrected chi connectivity index (χ3v) is 8.07. The van der Waals surface area contributed by atoms with Crippen LogP contribution in [0.1, 0.15) is 119 Å². The number of piperidine rings is 1. The van der Waals surface area contributed by atoms with Crippen LogP contribution >= 0.6 is 0 Å². The summed E-state index contributed by atoms with van der Waals surface area (Å²) in [5.74, 6) is 1.12. The molecule has 2 aliphatic heterocycles. The minimum absolute atomic E-state index is 0.172. The summed E-state index contributed by atoms with van der Waals surface area (Å²) in [6.07, 6.45) is 12.9. The summed E-state index contributed by atoms with van der Waals surface area (Å²) >= 11 is 0. The number of nitrogens with one attached hydrogen (secondary N) is 1. The fraction of sp³-hybridized carbons (Fsp3) is 0.719. The van der Waals surface area contributed by atoms with Crippen LogP contribution < -0.4 is 14.8 Å². The van der Waals surface area contributed by atoms with Crippen molar-refractivity contribution in [3.63, 3.8) is 0 Å². The number of amides is 1. The van der Waals surface area contributed by atoms with Gasteiger partial charge in [-0.1, -0.05) is 39.0 Å². The first kappa shape index (κ1) is 32.7. The van der Waals surface area contributed by atoms with E-state index in [-0.39, 0.29) is 30.0 Å². The molecule has 41 heavy (non-hydrogen) atoms. The molecule has 1 fully saturated rings. The highest BCUT2D eigenvalue weighted by molar-refractivity contribution is 5.97. The van der Waals surface area contributed by atoms with Gasteiger partial charge in [0.15, 0.2) is 0 Å². The van der Waals surface area contributed by atoms with Crippen LogP contribution in [0.15, 0.2) is 12.1 Å². The van der Waals surface area contributed by atoms with Crippen LogP contribution in [0, 0.1) is 0 Å². The quantitative estimate of drug-likeness (QED) is 0.150. The molecule has 0 aromatic heterocycles. The first-order valence-electron chi connectivity index (χ1n) is 15.6. The zero-order chi connectivity index (χ0) is 29.5. The van der Waals surface area contributed by atoms with Crippen LogP contribution in [-0.4, -0.2) is 69.2 Å². The van der Waals surface area contributed by atoms with E-state index in [4.69, 9.17) is 18.9 Å². The van der Waals surface area contributed by atoms with Crippen LogP contribution in [0.2, 0.25) is 0 Å². The van der Waals surface area contributed by atoms with E-state index in [0.717, 1.165) is 63.7 Å². The highest BCUT2D eigenvalue weighted by Gasteiger charge is 2.34. The molecule has 2 heterocycles. The second kappa shape index (κ2) is 17.9. The zero-order valence-electron chi connectivity index (χ0n) is 25.3. The van der Waals surface area contributed by atoms with Crippen molar-refractivity contribution < 1.29 is 33.3 Å². The van der Waals surface area contributed by atoms with Crippen molar-refractivity contribution in [1.29, 1.82) is 0 Å². The number of likely N-dealkylation sites (tertiary alicyclic amines) is 1. The highest BCUT2D eigenvalue weighted by Crippen LogP contribution is 2.41. The van der Waals surface area contributed by atoms with Gasteiger partial charge in [-0.2, -0.15) is 0 Å². The van der Waals surface area contributed by atoms with Gasteiger partial charge in [-0.3, -0.25) is 4.79 Å². The van der Waals surface area contributed by atoms with Crippen molar-refractivity contribution in [2.24, 2.45) is 0 Å². The third kappa shape index (κ3) is 10.8. The van der Waals surface area contributed by atoms with Gasteiger partial charge in [0, 0.05) is 43.6 Å². The Morgan fingerprint density at radius 2 is 1.66 bits per heavy atom. The van der Waals surface area contributed by atoms with E-state index in [1.807, 2.05) is 13.0 Å². The second-order valence-corrected chi connectivity index (χ2v) is 11.2. The number of hydrogen-bond acceptors (Lipinski definition) is 8. The Balaban J connectivity index is 1.17. The Hall–Kier alpha value is -2.81. The SMILES string of the molecule is CCCC(=O)CCCOC(=O)NC1CCN(CCCCCCCCC[C@H]2OC(=O)c3c(OC)cc(OC)cc32)CC1. The summed E-state index contributed by atoms with van der Waals surface area (Å²) in [6, 6.07) is 3.79. The Labute approximate surface area is 245 Å². The molecule has 1 saturated heterocycles. The molecular weight excluding hydrogens is 524 g/mol. The Morgan fingerprint density at radius 3 is 2.34 bits per heavy atom. The van der Waals surface area contributed by atoms with Crippen molar-refractivity contribution in [3.05, 3.63) is 23.3 Å². The van der Waals surface area contributed by atoms with Crippen molar-refractivity contribution in [2.75, 3.05) is 40.5 Å². The van der Waals surface area contributed by atoms with Gasteiger partial charge in [0.2, 0.25) is 0 Å². The summed E-state index contributed by atoms with van der Waals surface area (Å²) in [5.41, 5.74) is 1.40. The van der Waals surface area contributed by atoms with Gasteiger partial charge < -0.3 is 29.2 Å². The molecule has 1 aromatic carbocycles. The Kier molecular flexibility index (Phi) is 14.3. The predicted molar refractivity (Wildman–Crippen MR) is 158 cm³/mol. The van der Waals surface area contributed by atoms with E-state index < -0.39 is 0 Å². The number of alkyl carbamates (subject to hydrolysis) is 1. The fourth-order valence-corrected chi connectivity index (χ4v) is 5.72.